The zero-order valence-corrected chi connectivity index (χ0v) is 8.35. The zero-order chi connectivity index (χ0) is 10.9. The molecule has 1 N–H and O–H groups in total. The highest BCUT2D eigenvalue weighted by atomic mass is 16.5. The summed E-state index contributed by atoms with van der Waals surface area (Å²) in [4.78, 5) is 11.0. The second-order valence-corrected chi connectivity index (χ2v) is 2.78. The summed E-state index contributed by atoms with van der Waals surface area (Å²) in [6.45, 7) is 3.65. The summed E-state index contributed by atoms with van der Waals surface area (Å²) in [7, 11) is 0. The highest BCUT2D eigenvalue weighted by Crippen LogP contribution is 1.99. The molecule has 3 nitrogen and oxygen atoms in total. The van der Waals surface area contributed by atoms with Crippen molar-refractivity contribution < 1.29 is 9.53 Å². The molecule has 3 heteroatoms. The molecule has 0 aromatic heterocycles. The third-order valence-electron chi connectivity index (χ3n) is 1.61. The Bertz CT molecular complexity index is 344. The van der Waals surface area contributed by atoms with E-state index in [2.05, 4.69) is 11.9 Å². The number of benzene rings is 1. The van der Waals surface area contributed by atoms with Gasteiger partial charge in [0.15, 0.2) is 0 Å². The molecule has 78 valence electrons. The lowest BCUT2D eigenvalue weighted by Gasteiger charge is -1.99. The van der Waals surface area contributed by atoms with Crippen LogP contribution in [0.3, 0.4) is 0 Å². The standard InChI is InChI=1S/C12H13NO2/c1-2-10-15-12(14)13-9-8-11-6-4-3-5-7-11/h2-9H,1,10H2,(H,13,14). The van der Waals surface area contributed by atoms with Gasteiger partial charge in [-0.2, -0.15) is 0 Å². The number of hydrogen-bond donors (Lipinski definition) is 1. The summed E-state index contributed by atoms with van der Waals surface area (Å²) in [6, 6.07) is 9.66. The van der Waals surface area contributed by atoms with Gasteiger partial charge in [0.25, 0.3) is 0 Å². The maximum Gasteiger partial charge on any atom is 0.411 e. The molecular weight excluding hydrogens is 190 g/mol. The molecule has 15 heavy (non-hydrogen) atoms. The smallest absolute Gasteiger partial charge is 0.411 e. The van der Waals surface area contributed by atoms with Crippen LogP contribution < -0.4 is 5.32 Å². The minimum absolute atomic E-state index is 0.213. The Morgan fingerprint density at radius 2 is 2.13 bits per heavy atom. The average molecular weight is 203 g/mol. The first kappa shape index (κ1) is 11.0. The molecule has 0 saturated heterocycles. The molecule has 1 aromatic rings. The first-order valence-electron chi connectivity index (χ1n) is 4.58. The number of carbonyl (C=O) groups excluding carboxylic acids is 1. The number of nitrogens with one attached hydrogen (secondary N) is 1. The fourth-order valence-corrected chi connectivity index (χ4v) is 0.946. The Hall–Kier alpha value is -2.03. The van der Waals surface area contributed by atoms with E-state index in [1.54, 1.807) is 12.3 Å². The quantitative estimate of drug-likeness (QED) is 0.764. The molecule has 0 saturated carbocycles. The Balaban J connectivity index is 2.33. The Morgan fingerprint density at radius 3 is 2.80 bits per heavy atom. The highest BCUT2D eigenvalue weighted by Gasteiger charge is 1.94. The summed E-state index contributed by atoms with van der Waals surface area (Å²) in [5.74, 6) is 0. The largest absolute Gasteiger partial charge is 0.445 e. The molecule has 0 spiro atoms. The summed E-state index contributed by atoms with van der Waals surface area (Å²) >= 11 is 0. The highest BCUT2D eigenvalue weighted by molar-refractivity contribution is 5.69. The number of carbonyl (C=O) groups is 1. The van der Waals surface area contributed by atoms with Crippen LogP contribution in [-0.4, -0.2) is 12.7 Å². The van der Waals surface area contributed by atoms with E-state index in [0.29, 0.717) is 0 Å². The molecule has 0 radical (unpaired) electrons. The van der Waals surface area contributed by atoms with Crippen LogP contribution in [0.15, 0.2) is 49.2 Å². The molecule has 1 amide bonds. The third-order valence-corrected chi connectivity index (χ3v) is 1.61. The predicted octanol–water partition coefficient (Wildman–Crippen LogP) is 2.57. The minimum Gasteiger partial charge on any atom is -0.445 e. The Labute approximate surface area is 89.1 Å². The topological polar surface area (TPSA) is 38.3 Å². The normalized spacial score (nSPS) is 9.87. The molecular formula is C12H13NO2. The fraction of sp³-hybridized carbons (Fsp3) is 0.0833. The zero-order valence-electron chi connectivity index (χ0n) is 8.35. The SMILES string of the molecule is C=CCOC(=O)NC=Cc1ccccc1. The van der Waals surface area contributed by atoms with Crippen molar-refractivity contribution in [3.8, 4) is 0 Å². The van der Waals surface area contributed by atoms with Crippen molar-refractivity contribution in [1.82, 2.24) is 5.32 Å². The van der Waals surface area contributed by atoms with Gasteiger partial charge in [0, 0.05) is 6.20 Å². The minimum atomic E-state index is -0.484. The molecule has 0 fully saturated rings. The number of amides is 1. The lowest BCUT2D eigenvalue weighted by atomic mass is 10.2. The second-order valence-electron chi connectivity index (χ2n) is 2.78. The lowest BCUT2D eigenvalue weighted by molar-refractivity contribution is 0.162. The van der Waals surface area contributed by atoms with Crippen molar-refractivity contribution in [3.05, 3.63) is 54.8 Å². The maximum absolute atomic E-state index is 11.0. The van der Waals surface area contributed by atoms with E-state index < -0.39 is 6.09 Å². The summed E-state index contributed by atoms with van der Waals surface area (Å²) < 4.78 is 4.71. The van der Waals surface area contributed by atoms with Gasteiger partial charge in [0.1, 0.15) is 6.61 Å². The van der Waals surface area contributed by atoms with E-state index in [9.17, 15) is 4.79 Å². The molecule has 1 rings (SSSR count). The third kappa shape index (κ3) is 4.67. The van der Waals surface area contributed by atoms with Crippen molar-refractivity contribution in [2.45, 2.75) is 0 Å². The van der Waals surface area contributed by atoms with Crippen molar-refractivity contribution in [1.29, 1.82) is 0 Å². The van der Waals surface area contributed by atoms with Crippen LogP contribution >= 0.6 is 0 Å². The summed E-state index contributed by atoms with van der Waals surface area (Å²) in [5.41, 5.74) is 1.02. The van der Waals surface area contributed by atoms with Gasteiger partial charge in [0.05, 0.1) is 0 Å². The lowest BCUT2D eigenvalue weighted by Crippen LogP contribution is -2.18. The van der Waals surface area contributed by atoms with E-state index in [4.69, 9.17) is 4.74 Å². The maximum atomic E-state index is 11.0. The molecule has 0 bridgehead atoms. The van der Waals surface area contributed by atoms with Gasteiger partial charge in [-0.1, -0.05) is 43.0 Å². The van der Waals surface area contributed by atoms with Gasteiger partial charge in [-0.3, -0.25) is 5.32 Å². The van der Waals surface area contributed by atoms with Crippen molar-refractivity contribution in [3.63, 3.8) is 0 Å². The van der Waals surface area contributed by atoms with Crippen LogP contribution in [0.1, 0.15) is 5.56 Å². The van der Waals surface area contributed by atoms with Gasteiger partial charge in [-0.15, -0.1) is 0 Å². The van der Waals surface area contributed by atoms with Gasteiger partial charge in [-0.25, -0.2) is 4.79 Å². The number of ether oxygens (including phenoxy) is 1. The summed E-state index contributed by atoms with van der Waals surface area (Å²) in [6.07, 6.45) is 4.36. The molecule has 0 aliphatic heterocycles. The molecule has 0 aliphatic carbocycles. The van der Waals surface area contributed by atoms with Gasteiger partial charge in [0.2, 0.25) is 0 Å². The van der Waals surface area contributed by atoms with E-state index in [1.165, 1.54) is 6.08 Å². The first-order valence-corrected chi connectivity index (χ1v) is 4.58. The van der Waals surface area contributed by atoms with E-state index in [0.717, 1.165) is 5.56 Å². The summed E-state index contributed by atoms with van der Waals surface area (Å²) in [5, 5.41) is 2.48. The van der Waals surface area contributed by atoms with Crippen LogP contribution in [0.5, 0.6) is 0 Å². The van der Waals surface area contributed by atoms with Crippen LogP contribution in [0.4, 0.5) is 4.79 Å². The van der Waals surface area contributed by atoms with Crippen LogP contribution in [0, 0.1) is 0 Å². The molecule has 0 aliphatic rings. The molecule has 0 heterocycles. The van der Waals surface area contributed by atoms with E-state index >= 15 is 0 Å². The number of hydrogen-bond acceptors (Lipinski definition) is 2. The van der Waals surface area contributed by atoms with Crippen LogP contribution in [-0.2, 0) is 4.74 Å². The monoisotopic (exact) mass is 203 g/mol. The number of rotatable bonds is 4. The Kier molecular flexibility index (Phi) is 4.73. The number of alkyl carbamates (subject to hydrolysis) is 1. The molecule has 1 aromatic carbocycles. The van der Waals surface area contributed by atoms with Crippen molar-refractivity contribution in [2.75, 3.05) is 6.61 Å². The first-order chi connectivity index (χ1) is 7.33. The van der Waals surface area contributed by atoms with Crippen molar-refractivity contribution in [2.24, 2.45) is 0 Å². The van der Waals surface area contributed by atoms with Crippen LogP contribution in [0.2, 0.25) is 0 Å². The fourth-order valence-electron chi connectivity index (χ4n) is 0.946. The van der Waals surface area contributed by atoms with E-state index in [-0.39, 0.29) is 6.61 Å². The molecule has 0 unspecified atom stereocenters. The van der Waals surface area contributed by atoms with E-state index in [1.807, 2.05) is 30.3 Å². The van der Waals surface area contributed by atoms with Gasteiger partial charge >= 0.3 is 6.09 Å². The van der Waals surface area contributed by atoms with Crippen LogP contribution in [0.25, 0.3) is 6.08 Å². The average Bonchev–Trinajstić information content (AvgIpc) is 2.28. The molecule has 0 atom stereocenters. The second kappa shape index (κ2) is 6.43. The predicted molar refractivity (Wildman–Crippen MR) is 60.2 cm³/mol. The van der Waals surface area contributed by atoms with Gasteiger partial charge in [-0.05, 0) is 11.6 Å². The Morgan fingerprint density at radius 1 is 1.40 bits per heavy atom. The van der Waals surface area contributed by atoms with Gasteiger partial charge < -0.3 is 4.74 Å². The van der Waals surface area contributed by atoms with Crippen molar-refractivity contribution >= 4 is 12.2 Å².